The molecule has 1 aliphatic rings. The van der Waals surface area contributed by atoms with Crippen LogP contribution in [-0.4, -0.2) is 18.0 Å². The molecule has 0 aromatic heterocycles. The Labute approximate surface area is 156 Å². The van der Waals surface area contributed by atoms with Crippen LogP contribution in [0.4, 0.5) is 5.69 Å². The third-order valence-electron chi connectivity index (χ3n) is 4.29. The zero-order valence-electron chi connectivity index (χ0n) is 14.4. The second-order valence-corrected chi connectivity index (χ2v) is 6.18. The molecule has 0 radical (unpaired) electrons. The molecule has 0 aliphatic carbocycles. The van der Waals surface area contributed by atoms with Gasteiger partial charge in [0.05, 0.1) is 5.56 Å². The first kappa shape index (κ1) is 16.8. The van der Waals surface area contributed by atoms with Gasteiger partial charge in [-0.15, -0.1) is 0 Å². The summed E-state index contributed by atoms with van der Waals surface area (Å²) in [6.45, 7) is 0. The van der Waals surface area contributed by atoms with E-state index in [1.165, 1.54) is 0 Å². The number of rotatable bonds is 4. The Bertz CT molecular complexity index is 967. The summed E-state index contributed by atoms with van der Waals surface area (Å²) in [6, 6.07) is 23.6. The van der Waals surface area contributed by atoms with Crippen molar-refractivity contribution >= 4 is 17.6 Å². The molecule has 27 heavy (non-hydrogen) atoms. The van der Waals surface area contributed by atoms with Crippen LogP contribution in [0.5, 0.6) is 11.5 Å². The Kier molecular flexibility index (Phi) is 4.58. The van der Waals surface area contributed by atoms with Crippen LogP contribution in [0.2, 0.25) is 0 Å². The van der Waals surface area contributed by atoms with Crippen molar-refractivity contribution < 1.29 is 19.1 Å². The fourth-order valence-electron chi connectivity index (χ4n) is 2.93. The minimum absolute atomic E-state index is 0.352. The van der Waals surface area contributed by atoms with Crippen LogP contribution in [0.3, 0.4) is 0 Å². The first-order chi connectivity index (χ1) is 13.2. The molecule has 134 valence electrons. The van der Waals surface area contributed by atoms with Crippen LogP contribution in [-0.2, 0) is 16.0 Å². The number of amides is 1. The van der Waals surface area contributed by atoms with E-state index in [4.69, 9.17) is 9.47 Å². The third-order valence-corrected chi connectivity index (χ3v) is 4.29. The summed E-state index contributed by atoms with van der Waals surface area (Å²) in [5.74, 6) is 0.581. The Morgan fingerprint density at radius 2 is 1.56 bits per heavy atom. The van der Waals surface area contributed by atoms with Gasteiger partial charge in [-0.1, -0.05) is 36.4 Å². The van der Waals surface area contributed by atoms with Crippen molar-refractivity contribution in [2.45, 2.75) is 12.5 Å². The third kappa shape index (κ3) is 3.82. The number of anilines is 1. The van der Waals surface area contributed by atoms with Crippen LogP contribution in [0.25, 0.3) is 0 Å². The van der Waals surface area contributed by atoms with Crippen LogP contribution in [0.1, 0.15) is 15.9 Å². The first-order valence-electron chi connectivity index (χ1n) is 8.62. The van der Waals surface area contributed by atoms with Crippen molar-refractivity contribution in [1.29, 1.82) is 0 Å². The monoisotopic (exact) mass is 359 g/mol. The summed E-state index contributed by atoms with van der Waals surface area (Å²) >= 11 is 0. The minimum Gasteiger partial charge on any atom is -0.457 e. The van der Waals surface area contributed by atoms with E-state index in [1.807, 2.05) is 42.5 Å². The lowest BCUT2D eigenvalue weighted by Gasteiger charge is -2.23. The molecule has 1 atom stereocenters. The highest BCUT2D eigenvalue weighted by Crippen LogP contribution is 2.24. The Morgan fingerprint density at radius 1 is 0.889 bits per heavy atom. The molecule has 0 saturated carbocycles. The smallest absolute Gasteiger partial charge is 0.339 e. The van der Waals surface area contributed by atoms with Crippen molar-refractivity contribution in [1.82, 2.24) is 0 Å². The normalized spacial score (nSPS) is 15.4. The van der Waals surface area contributed by atoms with E-state index >= 15 is 0 Å². The number of carbonyl (C=O) groups is 2. The van der Waals surface area contributed by atoms with Gasteiger partial charge in [0.1, 0.15) is 11.5 Å². The van der Waals surface area contributed by atoms with E-state index < -0.39 is 12.1 Å². The number of para-hydroxylation sites is 1. The lowest BCUT2D eigenvalue weighted by molar-refractivity contribution is -0.125. The molecule has 5 nitrogen and oxygen atoms in total. The Hall–Kier alpha value is -3.60. The molecule has 1 N–H and O–H groups in total. The summed E-state index contributed by atoms with van der Waals surface area (Å²) in [4.78, 5) is 24.5. The number of hydrogen-bond donors (Lipinski definition) is 1. The summed E-state index contributed by atoms with van der Waals surface area (Å²) in [5.41, 5.74) is 1.94. The standard InChI is InChI=1S/C22H17NO4/c24-21(20-14-15-6-4-5-9-19(15)22(25)27-20)23-16-10-12-18(13-11-16)26-17-7-2-1-3-8-17/h1-13,20H,14H2,(H,23,24)/t20-/m0/s1. The molecule has 4 rings (SSSR count). The Balaban J connectivity index is 1.41. The highest BCUT2D eigenvalue weighted by atomic mass is 16.5. The molecular formula is C22H17NO4. The van der Waals surface area contributed by atoms with Crippen molar-refractivity contribution in [3.05, 3.63) is 90.0 Å². The van der Waals surface area contributed by atoms with Gasteiger partial charge in [-0.3, -0.25) is 4.79 Å². The number of nitrogens with one attached hydrogen (secondary N) is 1. The van der Waals surface area contributed by atoms with Gasteiger partial charge in [-0.25, -0.2) is 4.79 Å². The number of benzene rings is 3. The maximum absolute atomic E-state index is 12.5. The van der Waals surface area contributed by atoms with Gasteiger partial charge >= 0.3 is 5.97 Å². The van der Waals surface area contributed by atoms with Crippen LogP contribution >= 0.6 is 0 Å². The van der Waals surface area contributed by atoms with Gasteiger partial charge in [0.25, 0.3) is 5.91 Å². The molecule has 0 saturated heterocycles. The first-order valence-corrected chi connectivity index (χ1v) is 8.62. The highest BCUT2D eigenvalue weighted by molar-refractivity contribution is 6.00. The van der Waals surface area contributed by atoms with E-state index in [-0.39, 0.29) is 5.91 Å². The van der Waals surface area contributed by atoms with Crippen LogP contribution < -0.4 is 10.1 Å². The number of esters is 1. The Morgan fingerprint density at radius 3 is 2.33 bits per heavy atom. The van der Waals surface area contributed by atoms with Gasteiger partial charge in [0, 0.05) is 12.1 Å². The molecule has 0 unspecified atom stereocenters. The molecule has 0 fully saturated rings. The summed E-state index contributed by atoms with van der Waals surface area (Å²) < 4.78 is 11.0. The fourth-order valence-corrected chi connectivity index (χ4v) is 2.93. The average Bonchev–Trinajstić information content (AvgIpc) is 2.70. The average molecular weight is 359 g/mol. The van der Waals surface area contributed by atoms with E-state index in [0.29, 0.717) is 23.4 Å². The summed E-state index contributed by atoms with van der Waals surface area (Å²) in [5, 5.41) is 2.78. The van der Waals surface area contributed by atoms with Gasteiger partial charge < -0.3 is 14.8 Å². The van der Waals surface area contributed by atoms with Crippen LogP contribution in [0.15, 0.2) is 78.9 Å². The second-order valence-electron chi connectivity index (χ2n) is 6.18. The molecule has 0 spiro atoms. The van der Waals surface area contributed by atoms with Crippen molar-refractivity contribution in [2.24, 2.45) is 0 Å². The van der Waals surface area contributed by atoms with Crippen molar-refractivity contribution in [2.75, 3.05) is 5.32 Å². The van der Waals surface area contributed by atoms with Gasteiger partial charge in [-0.05, 0) is 48.0 Å². The SMILES string of the molecule is O=C1O[C@H](C(=O)Nc2ccc(Oc3ccccc3)cc2)Cc2ccccc21. The number of ether oxygens (including phenoxy) is 2. The maximum atomic E-state index is 12.5. The number of cyclic esters (lactones) is 1. The largest absolute Gasteiger partial charge is 0.457 e. The highest BCUT2D eigenvalue weighted by Gasteiger charge is 2.31. The predicted molar refractivity (Wildman–Crippen MR) is 101 cm³/mol. The molecule has 3 aromatic carbocycles. The second kappa shape index (κ2) is 7.33. The minimum atomic E-state index is -0.840. The quantitative estimate of drug-likeness (QED) is 0.709. The predicted octanol–water partition coefficient (Wildman–Crippen LogP) is 4.20. The molecule has 1 amide bonds. The maximum Gasteiger partial charge on any atom is 0.339 e. The van der Waals surface area contributed by atoms with Crippen molar-refractivity contribution in [3.63, 3.8) is 0 Å². The molecular weight excluding hydrogens is 342 g/mol. The van der Waals surface area contributed by atoms with E-state index in [9.17, 15) is 9.59 Å². The molecule has 5 heteroatoms. The topological polar surface area (TPSA) is 64.6 Å². The zero-order chi connectivity index (χ0) is 18.6. The van der Waals surface area contributed by atoms with Gasteiger partial charge in [-0.2, -0.15) is 0 Å². The lowest BCUT2D eigenvalue weighted by atomic mass is 9.98. The lowest BCUT2D eigenvalue weighted by Crippen LogP contribution is -2.37. The fraction of sp³-hybridized carbons (Fsp3) is 0.0909. The zero-order valence-corrected chi connectivity index (χ0v) is 14.4. The van der Waals surface area contributed by atoms with E-state index in [0.717, 1.165) is 11.3 Å². The number of hydrogen-bond acceptors (Lipinski definition) is 4. The van der Waals surface area contributed by atoms with Gasteiger partial charge in [0.15, 0.2) is 6.10 Å². The summed E-state index contributed by atoms with van der Waals surface area (Å²) in [7, 11) is 0. The molecule has 3 aromatic rings. The number of carbonyl (C=O) groups excluding carboxylic acids is 2. The number of fused-ring (bicyclic) bond motifs is 1. The van der Waals surface area contributed by atoms with Gasteiger partial charge in [0.2, 0.25) is 0 Å². The van der Waals surface area contributed by atoms with E-state index in [2.05, 4.69) is 5.32 Å². The summed E-state index contributed by atoms with van der Waals surface area (Å²) in [6.07, 6.45) is -0.476. The molecule has 1 heterocycles. The molecule has 1 aliphatic heterocycles. The van der Waals surface area contributed by atoms with Crippen LogP contribution in [0, 0.1) is 0 Å². The van der Waals surface area contributed by atoms with E-state index in [1.54, 1.807) is 36.4 Å². The van der Waals surface area contributed by atoms with Crippen molar-refractivity contribution in [3.8, 4) is 11.5 Å². The molecule has 0 bridgehead atoms.